The molecule has 9 atom stereocenters. The number of urea groups is 1. The molecular formula is C63H99N11O14. The fourth-order valence-electron chi connectivity index (χ4n) is 11.8. The lowest BCUT2D eigenvalue weighted by Crippen LogP contribution is -2.55. The number of unbranched alkanes of at least 4 members (excludes halogenated alkanes) is 2. The Kier molecular flexibility index (Phi) is 31.3. The maximum Gasteiger partial charge on any atom is 0.328 e. The highest BCUT2D eigenvalue weighted by molar-refractivity contribution is 6.12. The summed E-state index contributed by atoms with van der Waals surface area (Å²) in [7, 11) is 7.82. The van der Waals surface area contributed by atoms with Crippen molar-refractivity contribution in [2.24, 2.45) is 23.5 Å². The number of anilines is 1. The average molecular weight is 1230 g/mol. The van der Waals surface area contributed by atoms with E-state index >= 15 is 0 Å². The van der Waals surface area contributed by atoms with Gasteiger partial charge >= 0.3 is 12.0 Å². The van der Waals surface area contributed by atoms with Crippen molar-refractivity contribution >= 4 is 70.9 Å². The quantitative estimate of drug-likeness (QED) is 0.0216. The van der Waals surface area contributed by atoms with Gasteiger partial charge < -0.3 is 61.6 Å². The van der Waals surface area contributed by atoms with Crippen LogP contribution in [0.1, 0.15) is 136 Å². The number of benzene rings is 1. The van der Waals surface area contributed by atoms with E-state index < -0.39 is 72.1 Å². The van der Waals surface area contributed by atoms with Gasteiger partial charge in [-0.2, -0.15) is 0 Å². The van der Waals surface area contributed by atoms with Gasteiger partial charge in [-0.1, -0.05) is 71.2 Å². The van der Waals surface area contributed by atoms with Gasteiger partial charge in [-0.05, 0) is 114 Å². The van der Waals surface area contributed by atoms with Crippen LogP contribution in [0.25, 0.3) is 0 Å². The van der Waals surface area contributed by atoms with Crippen LogP contribution in [0.4, 0.5) is 10.5 Å². The van der Waals surface area contributed by atoms with E-state index in [1.54, 1.807) is 35.9 Å². The third kappa shape index (κ3) is 23.0. The van der Waals surface area contributed by atoms with Crippen LogP contribution in [0.15, 0.2) is 48.1 Å². The van der Waals surface area contributed by atoms with E-state index in [4.69, 9.17) is 19.9 Å². The average Bonchev–Trinajstić information content (AvgIpc) is 4.24. The van der Waals surface area contributed by atoms with Crippen molar-refractivity contribution in [1.29, 1.82) is 0 Å². The number of amides is 11. The summed E-state index contributed by atoms with van der Waals surface area (Å²) >= 11 is 0. The van der Waals surface area contributed by atoms with Crippen molar-refractivity contribution < 1.29 is 67.0 Å². The number of nitrogens with one attached hydrogen (secondary N) is 6. The van der Waals surface area contributed by atoms with Gasteiger partial charge in [-0.25, -0.2) is 9.59 Å². The molecule has 1 aromatic rings. The van der Waals surface area contributed by atoms with E-state index in [1.807, 2.05) is 51.8 Å². The molecule has 25 nitrogen and oxygen atoms in total. The third-order valence-corrected chi connectivity index (χ3v) is 17.0. The minimum atomic E-state index is -1.03. The number of nitrogens with two attached hydrogens (primary N) is 1. The number of likely N-dealkylation sites (N-methyl/N-ethyl adjacent to an activating group) is 2. The second kappa shape index (κ2) is 37.6. The van der Waals surface area contributed by atoms with Crippen LogP contribution in [-0.2, 0) is 68.6 Å². The molecule has 1 aliphatic carbocycles. The van der Waals surface area contributed by atoms with Crippen molar-refractivity contribution in [3.63, 3.8) is 0 Å². The first-order chi connectivity index (χ1) is 41.9. The third-order valence-electron chi connectivity index (χ3n) is 17.0. The fraction of sp³-hybridized carbons (Fsp3) is 0.667. The zero-order valence-corrected chi connectivity index (χ0v) is 53.5. The van der Waals surface area contributed by atoms with E-state index in [9.17, 15) is 52.7 Å². The molecule has 88 heavy (non-hydrogen) atoms. The number of carbonyl (C=O) groups excluding carboxylic acids is 11. The van der Waals surface area contributed by atoms with Gasteiger partial charge in [-0.3, -0.25) is 53.0 Å². The number of ether oxygens (including phenoxy) is 3. The standard InChI is InChI=1S/C63H99N11O14/c1-11-41(4)57(49(86-8)37-54(79)73-34-19-23-48(73)58(87-9)42(5)59(81)70-47(62(84)88-10)36-44-20-14-12-15-21-44)72(7)55(80)39-67-61(83)56(40(2)3)71(6)35-31-43-25-27-45(28-26-43)68-60(82)46(22-18-32-65-63(64)85)69-51(76)38-66-50(75)24-16-13-17-33-74-52(77)29-30-53(74)78/h20,25-30,40-42,46-49,56-58H,11-19,21-24,31-39H2,1-10H3,(H,66,75)(H,67,83)(H,68,82)(H,69,76)(H,70,81)(H3,64,65,85)/t41-,42+,46-,47-,48-,49+,56-,57-,58+/m0/s1. The minimum Gasteiger partial charge on any atom is -0.467 e. The topological polar surface area (TPSA) is 327 Å². The summed E-state index contributed by atoms with van der Waals surface area (Å²) in [5, 5.41) is 16.3. The Morgan fingerprint density at radius 2 is 1.48 bits per heavy atom. The summed E-state index contributed by atoms with van der Waals surface area (Å²) in [6.45, 7) is 10.2. The second-order valence-electron chi connectivity index (χ2n) is 23.7. The van der Waals surface area contributed by atoms with Gasteiger partial charge in [0.2, 0.25) is 41.4 Å². The minimum absolute atomic E-state index is 0.0523. The van der Waals surface area contributed by atoms with Crippen LogP contribution in [-0.4, -0.2) is 202 Å². The number of rotatable bonds is 38. The van der Waals surface area contributed by atoms with Gasteiger partial charge in [0.05, 0.1) is 62.9 Å². The maximum atomic E-state index is 14.4. The summed E-state index contributed by atoms with van der Waals surface area (Å²) in [5.74, 6) is -5.00. The summed E-state index contributed by atoms with van der Waals surface area (Å²) in [6, 6.07) is 2.92. The molecule has 490 valence electrons. The van der Waals surface area contributed by atoms with E-state index in [2.05, 4.69) is 38.0 Å². The molecule has 1 fully saturated rings. The molecule has 1 aromatic carbocycles. The van der Waals surface area contributed by atoms with Crippen LogP contribution < -0.4 is 37.6 Å². The Hall–Kier alpha value is -7.25. The van der Waals surface area contributed by atoms with Gasteiger partial charge in [0.1, 0.15) is 12.1 Å². The maximum absolute atomic E-state index is 14.4. The van der Waals surface area contributed by atoms with Crippen molar-refractivity contribution in [2.45, 2.75) is 180 Å². The molecule has 25 heteroatoms. The SMILES string of the molecule is CC[C@H](C)[C@@H]([C@@H](CC(=O)N1CCC[C@H]1[C@H](OC)[C@@H](C)C(=O)N[C@@H](CC1=CCCCC1)C(=O)OC)OC)N(C)C(=O)CNC(=O)[C@H](C(C)C)N(C)CCc1ccc(NC(=O)[C@H](CCCNC(N)=O)NC(=O)CNC(=O)CCCCCN2C(=O)C=CC2=O)cc1. The number of primary amides is 1. The molecule has 3 aliphatic rings. The molecule has 0 aromatic heterocycles. The summed E-state index contributed by atoms with van der Waals surface area (Å²) in [5.41, 5.74) is 7.67. The zero-order valence-electron chi connectivity index (χ0n) is 53.5. The highest BCUT2D eigenvalue weighted by atomic mass is 16.5. The number of hydrogen-bond donors (Lipinski definition) is 7. The monoisotopic (exact) mass is 1230 g/mol. The molecule has 0 radical (unpaired) electrons. The van der Waals surface area contributed by atoms with E-state index in [1.165, 1.54) is 33.5 Å². The van der Waals surface area contributed by atoms with E-state index in [0.29, 0.717) is 76.6 Å². The van der Waals surface area contributed by atoms with Gasteiger partial charge in [0.25, 0.3) is 11.8 Å². The van der Waals surface area contributed by atoms with Crippen molar-refractivity contribution in [3.05, 3.63) is 53.6 Å². The van der Waals surface area contributed by atoms with Crippen LogP contribution in [0, 0.1) is 17.8 Å². The number of methoxy groups -OCH3 is 3. The first kappa shape index (κ1) is 73.2. The second-order valence-corrected chi connectivity index (χ2v) is 23.7. The van der Waals surface area contributed by atoms with Crippen LogP contribution in [0.5, 0.6) is 0 Å². The predicted octanol–water partition coefficient (Wildman–Crippen LogP) is 3.24. The number of allylic oxidation sites excluding steroid dienone is 1. The van der Waals surface area contributed by atoms with Gasteiger partial charge in [0.15, 0.2) is 0 Å². The normalized spacial score (nSPS) is 17.6. The van der Waals surface area contributed by atoms with E-state index in [0.717, 1.165) is 41.7 Å². The number of carbonyl (C=O) groups is 11. The molecule has 0 spiro atoms. The largest absolute Gasteiger partial charge is 0.467 e. The number of esters is 1. The van der Waals surface area contributed by atoms with Crippen LogP contribution >= 0.6 is 0 Å². The summed E-state index contributed by atoms with van der Waals surface area (Å²) in [4.78, 5) is 149. The van der Waals surface area contributed by atoms with Crippen LogP contribution in [0.2, 0.25) is 0 Å². The molecular weight excluding hydrogens is 1130 g/mol. The van der Waals surface area contributed by atoms with Crippen molar-refractivity contribution in [2.75, 3.05) is 80.0 Å². The lowest BCUT2D eigenvalue weighted by molar-refractivity contribution is -0.148. The molecule has 2 heterocycles. The lowest BCUT2D eigenvalue weighted by atomic mass is 9.90. The Balaban J connectivity index is 1.29. The molecule has 0 unspecified atom stereocenters. The Bertz CT molecular complexity index is 2580. The first-order valence-corrected chi connectivity index (χ1v) is 31.1. The molecule has 8 N–H and O–H groups in total. The zero-order chi connectivity index (χ0) is 65.0. The highest BCUT2D eigenvalue weighted by Crippen LogP contribution is 2.30. The lowest BCUT2D eigenvalue weighted by Gasteiger charge is -2.39. The Labute approximate surface area is 519 Å². The molecule has 0 bridgehead atoms. The van der Waals surface area contributed by atoms with E-state index in [-0.39, 0.29) is 98.6 Å². The van der Waals surface area contributed by atoms with Gasteiger partial charge in [0, 0.05) is 71.7 Å². The number of nitrogens with zero attached hydrogens (tertiary/aromatic N) is 4. The predicted molar refractivity (Wildman–Crippen MR) is 330 cm³/mol. The molecule has 0 saturated carbocycles. The van der Waals surface area contributed by atoms with Gasteiger partial charge in [-0.15, -0.1) is 0 Å². The molecule has 1 saturated heterocycles. The molecule has 11 amide bonds. The number of imide groups is 1. The molecule has 4 rings (SSSR count). The number of likely N-dealkylation sites (tertiary alicyclic amines) is 1. The smallest absolute Gasteiger partial charge is 0.328 e. The Morgan fingerprint density at radius 1 is 0.773 bits per heavy atom. The van der Waals surface area contributed by atoms with Crippen molar-refractivity contribution in [1.82, 2.24) is 46.2 Å². The van der Waals surface area contributed by atoms with Crippen molar-refractivity contribution in [3.8, 4) is 0 Å². The fourth-order valence-corrected chi connectivity index (χ4v) is 11.8. The summed E-state index contributed by atoms with van der Waals surface area (Å²) in [6.07, 6.45) is 12.0. The summed E-state index contributed by atoms with van der Waals surface area (Å²) < 4.78 is 17.1. The first-order valence-electron chi connectivity index (χ1n) is 31.1. The number of hydrogen-bond acceptors (Lipinski definition) is 15. The highest BCUT2D eigenvalue weighted by Gasteiger charge is 2.43. The molecule has 2 aliphatic heterocycles. The Morgan fingerprint density at radius 3 is 2.09 bits per heavy atom. The van der Waals surface area contributed by atoms with Crippen LogP contribution in [0.3, 0.4) is 0 Å².